The standard InChI is InChI=1S/C10H10F3NO3/c1-2-17-6(15)3-5-4-14-10(13)7(8(5)16)9(11)12/h4,9H,2-3H2,1H3,(H,14,16). The van der Waals surface area contributed by atoms with Crippen LogP contribution in [-0.4, -0.2) is 17.6 Å². The zero-order chi connectivity index (χ0) is 13.0. The van der Waals surface area contributed by atoms with Crippen molar-refractivity contribution in [1.29, 1.82) is 0 Å². The number of ether oxygens (including phenoxy) is 1. The largest absolute Gasteiger partial charge is 0.466 e. The Bertz CT molecular complexity index is 470. The van der Waals surface area contributed by atoms with Crippen LogP contribution in [0.1, 0.15) is 24.5 Å². The van der Waals surface area contributed by atoms with E-state index in [0.717, 1.165) is 6.20 Å². The number of carbonyl (C=O) groups is 1. The SMILES string of the molecule is CCOC(=O)Cc1c[nH]c(F)c(C(F)F)c1=O. The number of hydrogen-bond donors (Lipinski definition) is 1. The van der Waals surface area contributed by atoms with E-state index < -0.39 is 35.8 Å². The molecule has 0 radical (unpaired) electrons. The first-order chi connectivity index (χ1) is 7.97. The van der Waals surface area contributed by atoms with E-state index in [1.54, 1.807) is 6.92 Å². The van der Waals surface area contributed by atoms with Gasteiger partial charge in [0.05, 0.1) is 13.0 Å². The summed E-state index contributed by atoms with van der Waals surface area (Å²) in [7, 11) is 0. The number of esters is 1. The minimum atomic E-state index is -3.24. The average molecular weight is 249 g/mol. The fourth-order valence-corrected chi connectivity index (χ4v) is 1.26. The van der Waals surface area contributed by atoms with Crippen molar-refractivity contribution < 1.29 is 22.7 Å². The Balaban J connectivity index is 3.07. The third-order valence-corrected chi connectivity index (χ3v) is 2.00. The second-order valence-corrected chi connectivity index (χ2v) is 3.15. The second-order valence-electron chi connectivity index (χ2n) is 3.15. The van der Waals surface area contributed by atoms with E-state index in [-0.39, 0.29) is 12.2 Å². The molecule has 4 nitrogen and oxygen atoms in total. The lowest BCUT2D eigenvalue weighted by atomic mass is 10.1. The smallest absolute Gasteiger partial charge is 0.310 e. The van der Waals surface area contributed by atoms with Crippen molar-refractivity contribution in [3.8, 4) is 0 Å². The average Bonchev–Trinajstić information content (AvgIpc) is 2.22. The molecule has 0 unspecified atom stereocenters. The summed E-state index contributed by atoms with van der Waals surface area (Å²) in [6.07, 6.45) is -2.82. The van der Waals surface area contributed by atoms with Crippen molar-refractivity contribution in [2.24, 2.45) is 0 Å². The highest BCUT2D eigenvalue weighted by Gasteiger charge is 2.21. The number of aromatic amines is 1. The number of hydrogen-bond acceptors (Lipinski definition) is 3. The third-order valence-electron chi connectivity index (χ3n) is 2.00. The van der Waals surface area contributed by atoms with Gasteiger partial charge in [-0.05, 0) is 6.92 Å². The Morgan fingerprint density at radius 1 is 1.53 bits per heavy atom. The Morgan fingerprint density at radius 3 is 2.71 bits per heavy atom. The highest BCUT2D eigenvalue weighted by atomic mass is 19.3. The molecule has 0 saturated heterocycles. The quantitative estimate of drug-likeness (QED) is 0.650. The molecule has 1 rings (SSSR count). The number of rotatable bonds is 4. The van der Waals surface area contributed by atoms with E-state index in [4.69, 9.17) is 0 Å². The molecule has 0 aliphatic heterocycles. The van der Waals surface area contributed by atoms with E-state index in [1.165, 1.54) is 0 Å². The fourth-order valence-electron chi connectivity index (χ4n) is 1.26. The number of aromatic nitrogens is 1. The predicted molar refractivity (Wildman–Crippen MR) is 52.3 cm³/mol. The van der Waals surface area contributed by atoms with Gasteiger partial charge in [0, 0.05) is 11.8 Å². The van der Waals surface area contributed by atoms with Crippen molar-refractivity contribution in [1.82, 2.24) is 4.98 Å². The van der Waals surface area contributed by atoms with E-state index in [9.17, 15) is 22.8 Å². The number of carbonyl (C=O) groups excluding carboxylic acids is 1. The molecule has 7 heteroatoms. The molecule has 0 aromatic carbocycles. The number of alkyl halides is 2. The third kappa shape index (κ3) is 3.08. The molecule has 1 heterocycles. The Kier molecular flexibility index (Phi) is 4.30. The summed E-state index contributed by atoms with van der Waals surface area (Å²) < 4.78 is 42.2. The highest BCUT2D eigenvalue weighted by molar-refractivity contribution is 5.72. The molecule has 0 atom stereocenters. The molecule has 94 valence electrons. The first kappa shape index (κ1) is 13.3. The lowest BCUT2D eigenvalue weighted by Crippen LogP contribution is -2.21. The van der Waals surface area contributed by atoms with Crippen LogP contribution in [0.15, 0.2) is 11.0 Å². The molecule has 0 spiro atoms. The van der Waals surface area contributed by atoms with E-state index in [1.807, 2.05) is 4.98 Å². The van der Waals surface area contributed by atoms with Gasteiger partial charge >= 0.3 is 5.97 Å². The lowest BCUT2D eigenvalue weighted by Gasteiger charge is -2.05. The molecule has 17 heavy (non-hydrogen) atoms. The van der Waals surface area contributed by atoms with Gasteiger partial charge in [-0.1, -0.05) is 0 Å². The number of halogens is 3. The normalized spacial score (nSPS) is 10.6. The predicted octanol–water partition coefficient (Wildman–Crippen LogP) is 1.56. The summed E-state index contributed by atoms with van der Waals surface area (Å²) in [6.45, 7) is 1.68. The molecule has 0 saturated carbocycles. The zero-order valence-electron chi connectivity index (χ0n) is 8.93. The summed E-state index contributed by atoms with van der Waals surface area (Å²) in [5.74, 6) is -2.12. The van der Waals surface area contributed by atoms with Gasteiger partial charge in [0.1, 0.15) is 5.56 Å². The first-order valence-electron chi connectivity index (χ1n) is 4.81. The van der Waals surface area contributed by atoms with Crippen LogP contribution in [0, 0.1) is 5.95 Å². The van der Waals surface area contributed by atoms with Crippen LogP contribution in [-0.2, 0) is 16.0 Å². The lowest BCUT2D eigenvalue weighted by molar-refractivity contribution is -0.142. The van der Waals surface area contributed by atoms with Gasteiger partial charge < -0.3 is 9.72 Å². The number of H-pyrrole nitrogens is 1. The highest BCUT2D eigenvalue weighted by Crippen LogP contribution is 2.17. The van der Waals surface area contributed by atoms with Gasteiger partial charge in [0.25, 0.3) is 6.43 Å². The van der Waals surface area contributed by atoms with Crippen LogP contribution in [0.25, 0.3) is 0 Å². The minimum Gasteiger partial charge on any atom is -0.466 e. The Morgan fingerprint density at radius 2 is 2.18 bits per heavy atom. The van der Waals surface area contributed by atoms with Crippen molar-refractivity contribution in [2.45, 2.75) is 19.8 Å². The van der Waals surface area contributed by atoms with Gasteiger partial charge in [-0.2, -0.15) is 4.39 Å². The van der Waals surface area contributed by atoms with Crippen molar-refractivity contribution >= 4 is 5.97 Å². The maximum atomic E-state index is 12.9. The molecule has 1 N–H and O–H groups in total. The summed E-state index contributed by atoms with van der Waals surface area (Å²) in [4.78, 5) is 24.4. The molecular weight excluding hydrogens is 239 g/mol. The number of nitrogens with one attached hydrogen (secondary N) is 1. The zero-order valence-corrected chi connectivity index (χ0v) is 8.93. The van der Waals surface area contributed by atoms with Crippen LogP contribution in [0.5, 0.6) is 0 Å². The first-order valence-corrected chi connectivity index (χ1v) is 4.81. The second kappa shape index (κ2) is 5.51. The van der Waals surface area contributed by atoms with Gasteiger partial charge in [-0.15, -0.1) is 0 Å². The maximum absolute atomic E-state index is 12.9. The van der Waals surface area contributed by atoms with Gasteiger partial charge in [0.2, 0.25) is 5.95 Å². The van der Waals surface area contributed by atoms with Gasteiger partial charge in [0.15, 0.2) is 5.43 Å². The van der Waals surface area contributed by atoms with Crippen LogP contribution in [0.2, 0.25) is 0 Å². The van der Waals surface area contributed by atoms with Crippen LogP contribution in [0.3, 0.4) is 0 Å². The maximum Gasteiger partial charge on any atom is 0.310 e. The summed E-state index contributed by atoms with van der Waals surface area (Å²) in [6, 6.07) is 0. The summed E-state index contributed by atoms with van der Waals surface area (Å²) in [5, 5.41) is 0. The van der Waals surface area contributed by atoms with Gasteiger partial charge in [-0.25, -0.2) is 8.78 Å². The van der Waals surface area contributed by atoms with Crippen LogP contribution >= 0.6 is 0 Å². The summed E-state index contributed by atoms with van der Waals surface area (Å²) in [5.41, 5.74) is -2.68. The Hall–Kier alpha value is -1.79. The van der Waals surface area contributed by atoms with Crippen LogP contribution < -0.4 is 5.43 Å². The molecular formula is C10H10F3NO3. The molecule has 1 aromatic heterocycles. The monoisotopic (exact) mass is 249 g/mol. The molecule has 0 bridgehead atoms. The van der Waals surface area contributed by atoms with E-state index >= 15 is 0 Å². The molecule has 0 aliphatic carbocycles. The molecule has 1 aromatic rings. The summed E-state index contributed by atoms with van der Waals surface area (Å²) >= 11 is 0. The number of pyridine rings is 1. The topological polar surface area (TPSA) is 59.2 Å². The van der Waals surface area contributed by atoms with Crippen molar-refractivity contribution in [2.75, 3.05) is 6.61 Å². The fraction of sp³-hybridized carbons (Fsp3) is 0.400. The van der Waals surface area contributed by atoms with E-state index in [2.05, 4.69) is 4.74 Å². The molecule has 0 aliphatic rings. The van der Waals surface area contributed by atoms with Gasteiger partial charge in [-0.3, -0.25) is 9.59 Å². The van der Waals surface area contributed by atoms with Crippen molar-refractivity contribution in [3.63, 3.8) is 0 Å². The minimum absolute atomic E-state index is 0.111. The Labute approximate surface area is 94.4 Å². The molecule has 0 fully saturated rings. The molecule has 0 amide bonds. The van der Waals surface area contributed by atoms with Crippen LogP contribution in [0.4, 0.5) is 13.2 Å². The van der Waals surface area contributed by atoms with Crippen molar-refractivity contribution in [3.05, 3.63) is 33.5 Å². The van der Waals surface area contributed by atoms with E-state index in [0.29, 0.717) is 0 Å².